The summed E-state index contributed by atoms with van der Waals surface area (Å²) in [5.41, 5.74) is 3.54. The van der Waals surface area contributed by atoms with Gasteiger partial charge in [0, 0.05) is 37.1 Å². The van der Waals surface area contributed by atoms with Crippen molar-refractivity contribution in [1.29, 1.82) is 5.41 Å². The zero-order valence-electron chi connectivity index (χ0n) is 25.2. The van der Waals surface area contributed by atoms with Crippen LogP contribution in [-0.4, -0.2) is 40.4 Å². The van der Waals surface area contributed by atoms with Crippen LogP contribution in [0.5, 0.6) is 0 Å². The van der Waals surface area contributed by atoms with Gasteiger partial charge in [0.15, 0.2) is 0 Å². The first-order valence-electron chi connectivity index (χ1n) is 15.0. The molecule has 0 radical (unpaired) electrons. The lowest BCUT2D eigenvalue weighted by Crippen LogP contribution is -2.41. The number of ketones is 1. The summed E-state index contributed by atoms with van der Waals surface area (Å²) in [6, 6.07) is 3.98. The number of Topliss-reactive ketones (excluding diaryl/α,β-unsaturated/α-hetero) is 1. The van der Waals surface area contributed by atoms with Crippen LogP contribution in [0.3, 0.4) is 0 Å². The van der Waals surface area contributed by atoms with Crippen molar-refractivity contribution in [3.63, 3.8) is 0 Å². The number of likely N-dealkylation sites (tertiary alicyclic amines) is 1. The van der Waals surface area contributed by atoms with E-state index in [0.717, 1.165) is 56.1 Å². The van der Waals surface area contributed by atoms with Crippen molar-refractivity contribution < 1.29 is 22.8 Å². The fourth-order valence-electron chi connectivity index (χ4n) is 5.54. The van der Waals surface area contributed by atoms with Gasteiger partial charge >= 0.3 is 12.2 Å². The van der Waals surface area contributed by atoms with Crippen molar-refractivity contribution in [2.24, 2.45) is 0 Å². The summed E-state index contributed by atoms with van der Waals surface area (Å²) < 4.78 is 40.5. The minimum atomic E-state index is -4.37. The highest BCUT2D eigenvalue weighted by atomic mass is 19.4. The highest BCUT2D eigenvalue weighted by Crippen LogP contribution is 2.35. The Hall–Kier alpha value is -3.42. The number of amides is 2. The molecule has 1 aromatic rings. The third-order valence-corrected chi connectivity index (χ3v) is 8.02. The first kappa shape index (κ1) is 33.1. The maximum Gasteiger partial charge on any atom is 0.416 e. The van der Waals surface area contributed by atoms with E-state index in [2.05, 4.69) is 19.6 Å². The summed E-state index contributed by atoms with van der Waals surface area (Å²) >= 11 is 0. The molecule has 1 aromatic carbocycles. The summed E-state index contributed by atoms with van der Waals surface area (Å²) in [6.45, 7) is 10.7. The standard InChI is InChI=1S/C34H44F3N3O2/c1-5-6-7-8-10-24(2)31-23-30(34(35,36)37)15-14-28(31)13-12-27-11-9-18-39(19-16-27)33(42)40-20-17-29(21-25(40)3)32(38)22-26(4)41/h12,14-15,17,20-21,23-24,38H,3,5-11,13,16,18-19,22H2,1-2,4H3/b27-12-,38-32?. The van der Waals surface area contributed by atoms with Crippen molar-refractivity contribution in [3.8, 4) is 0 Å². The predicted molar refractivity (Wildman–Crippen MR) is 162 cm³/mol. The normalized spacial score (nSPS) is 17.7. The van der Waals surface area contributed by atoms with Crippen molar-refractivity contribution in [1.82, 2.24) is 9.80 Å². The summed E-state index contributed by atoms with van der Waals surface area (Å²) in [7, 11) is 0. The topological polar surface area (TPSA) is 64.5 Å². The quantitative estimate of drug-likeness (QED) is 0.160. The fraction of sp³-hybridized carbons (Fsp3) is 0.500. The first-order valence-corrected chi connectivity index (χ1v) is 15.0. The van der Waals surface area contributed by atoms with Gasteiger partial charge in [-0.3, -0.25) is 9.69 Å². The molecule has 1 atom stereocenters. The molecule has 5 nitrogen and oxygen atoms in total. The molecule has 2 aliphatic rings. The Morgan fingerprint density at radius 2 is 1.90 bits per heavy atom. The van der Waals surface area contributed by atoms with Gasteiger partial charge in [0.1, 0.15) is 5.78 Å². The Bertz CT molecular complexity index is 1260. The molecule has 1 fully saturated rings. The van der Waals surface area contributed by atoms with E-state index in [9.17, 15) is 22.8 Å². The number of rotatable bonds is 11. The molecular weight excluding hydrogens is 539 g/mol. The van der Waals surface area contributed by atoms with E-state index in [4.69, 9.17) is 5.41 Å². The van der Waals surface area contributed by atoms with Gasteiger partial charge in [-0.15, -0.1) is 0 Å². The number of carbonyl (C=O) groups excluding carboxylic acids is 2. The van der Waals surface area contributed by atoms with Crippen LogP contribution in [0.1, 0.15) is 101 Å². The van der Waals surface area contributed by atoms with E-state index in [-0.39, 0.29) is 29.9 Å². The van der Waals surface area contributed by atoms with Crippen LogP contribution >= 0.6 is 0 Å². The van der Waals surface area contributed by atoms with E-state index in [1.807, 2.05) is 6.92 Å². The van der Waals surface area contributed by atoms with Crippen LogP contribution in [0.4, 0.5) is 18.0 Å². The number of benzene rings is 1. The Kier molecular flexibility index (Phi) is 11.9. The molecule has 1 saturated heterocycles. The number of unbranched alkanes of at least 4 members (excludes halogenated alkanes) is 3. The van der Waals surface area contributed by atoms with Gasteiger partial charge in [-0.25, -0.2) is 4.79 Å². The number of alkyl halides is 3. The van der Waals surface area contributed by atoms with Gasteiger partial charge in [0.2, 0.25) is 0 Å². The number of nitrogens with zero attached hydrogens (tertiary/aromatic N) is 2. The van der Waals surface area contributed by atoms with Crippen LogP contribution in [-0.2, 0) is 17.4 Å². The SMILES string of the molecule is C=C1C=C(C(=N)CC(C)=O)C=CN1C(=O)N1CCC/C(=C/Cc2ccc(C(F)(F)F)cc2C(C)CCCCCC)CC1. The molecule has 0 aliphatic carbocycles. The second-order valence-corrected chi connectivity index (χ2v) is 11.5. The zero-order valence-corrected chi connectivity index (χ0v) is 25.2. The lowest BCUT2D eigenvalue weighted by Gasteiger charge is -2.29. The average Bonchev–Trinajstić information content (AvgIpc) is 3.18. The molecule has 0 saturated carbocycles. The van der Waals surface area contributed by atoms with Crippen LogP contribution < -0.4 is 0 Å². The Morgan fingerprint density at radius 1 is 1.14 bits per heavy atom. The highest BCUT2D eigenvalue weighted by molar-refractivity contribution is 6.10. The molecule has 3 rings (SSSR count). The number of hydrogen-bond donors (Lipinski definition) is 1. The maximum absolute atomic E-state index is 13.5. The lowest BCUT2D eigenvalue weighted by molar-refractivity contribution is -0.137. The van der Waals surface area contributed by atoms with Crippen LogP contribution in [0, 0.1) is 5.41 Å². The van der Waals surface area contributed by atoms with Gasteiger partial charge in [0.05, 0.1) is 5.56 Å². The van der Waals surface area contributed by atoms with Crippen LogP contribution in [0.2, 0.25) is 0 Å². The molecular formula is C34H44F3N3O2. The monoisotopic (exact) mass is 583 g/mol. The number of urea groups is 1. The zero-order chi connectivity index (χ0) is 30.9. The number of carbonyl (C=O) groups is 2. The molecule has 2 heterocycles. The predicted octanol–water partition coefficient (Wildman–Crippen LogP) is 9.12. The number of nitrogens with one attached hydrogen (secondary N) is 1. The minimum Gasteiger partial charge on any atom is -0.324 e. The largest absolute Gasteiger partial charge is 0.416 e. The van der Waals surface area contributed by atoms with Gasteiger partial charge in [0.25, 0.3) is 0 Å². The molecule has 2 aliphatic heterocycles. The van der Waals surface area contributed by atoms with Gasteiger partial charge in [-0.1, -0.05) is 63.8 Å². The van der Waals surface area contributed by atoms with Crippen LogP contribution in [0.15, 0.2) is 66.0 Å². The smallest absolute Gasteiger partial charge is 0.324 e. The molecule has 228 valence electrons. The Labute approximate surface area is 248 Å². The Morgan fingerprint density at radius 3 is 2.57 bits per heavy atom. The second-order valence-electron chi connectivity index (χ2n) is 11.5. The first-order chi connectivity index (χ1) is 19.9. The van der Waals surface area contributed by atoms with E-state index in [1.165, 1.54) is 29.5 Å². The number of hydrogen-bond acceptors (Lipinski definition) is 3. The molecule has 2 amide bonds. The fourth-order valence-corrected chi connectivity index (χ4v) is 5.54. The van der Waals surface area contributed by atoms with Crippen LogP contribution in [0.25, 0.3) is 0 Å². The van der Waals surface area contributed by atoms with Gasteiger partial charge in [-0.05, 0) is 85.9 Å². The second kappa shape index (κ2) is 15.2. The molecule has 0 spiro atoms. The summed E-state index contributed by atoms with van der Waals surface area (Å²) in [5, 5.41) is 8.09. The van der Waals surface area contributed by atoms with Crippen molar-refractivity contribution in [2.75, 3.05) is 13.1 Å². The molecule has 1 unspecified atom stereocenters. The van der Waals surface area contributed by atoms with E-state index >= 15 is 0 Å². The average molecular weight is 584 g/mol. The van der Waals surface area contributed by atoms with E-state index in [0.29, 0.717) is 37.2 Å². The number of halogens is 3. The third kappa shape index (κ3) is 9.30. The minimum absolute atomic E-state index is 0.0322. The summed E-state index contributed by atoms with van der Waals surface area (Å²) in [5.74, 6) is -0.0513. The molecule has 0 aromatic heterocycles. The third-order valence-electron chi connectivity index (χ3n) is 8.02. The molecule has 0 bridgehead atoms. The highest BCUT2D eigenvalue weighted by Gasteiger charge is 2.31. The maximum atomic E-state index is 13.5. The summed E-state index contributed by atoms with van der Waals surface area (Å²) in [6.07, 6.45) is 10.8. The van der Waals surface area contributed by atoms with Gasteiger partial charge < -0.3 is 10.3 Å². The summed E-state index contributed by atoms with van der Waals surface area (Å²) in [4.78, 5) is 27.9. The number of allylic oxidation sites excluding steroid dienone is 4. The van der Waals surface area contributed by atoms with Crippen molar-refractivity contribution >= 4 is 17.5 Å². The molecule has 42 heavy (non-hydrogen) atoms. The van der Waals surface area contributed by atoms with Crippen molar-refractivity contribution in [3.05, 3.63) is 82.7 Å². The van der Waals surface area contributed by atoms with Gasteiger partial charge in [-0.2, -0.15) is 13.2 Å². The lowest BCUT2D eigenvalue weighted by atomic mass is 9.88. The van der Waals surface area contributed by atoms with E-state index < -0.39 is 11.7 Å². The molecule has 1 N–H and O–H groups in total. The molecule has 8 heteroatoms. The Balaban J connectivity index is 1.66. The van der Waals surface area contributed by atoms with Crippen molar-refractivity contribution in [2.45, 2.75) is 97.1 Å². The van der Waals surface area contributed by atoms with E-state index in [1.54, 1.807) is 29.3 Å².